The van der Waals surface area contributed by atoms with E-state index in [1.54, 1.807) is 4.68 Å². The van der Waals surface area contributed by atoms with E-state index in [4.69, 9.17) is 15.2 Å². The molecular formula is C11H11N3O2. The number of fused-ring (bicyclic) bond motifs is 1. The number of nitrogens with two attached hydrogens (primary N) is 1. The molecule has 0 aliphatic carbocycles. The van der Waals surface area contributed by atoms with Gasteiger partial charge in [0.1, 0.15) is 5.82 Å². The highest BCUT2D eigenvalue weighted by atomic mass is 16.7. The number of anilines is 1. The summed E-state index contributed by atoms with van der Waals surface area (Å²) >= 11 is 0. The molecule has 0 bridgehead atoms. The Morgan fingerprint density at radius 1 is 1.25 bits per heavy atom. The summed E-state index contributed by atoms with van der Waals surface area (Å²) in [6, 6.07) is 7.61. The zero-order chi connectivity index (χ0) is 11.1. The lowest BCUT2D eigenvalue weighted by Crippen LogP contribution is -1.94. The van der Waals surface area contributed by atoms with E-state index in [9.17, 15) is 0 Å². The lowest BCUT2D eigenvalue weighted by atomic mass is 10.1. The Bertz CT molecular complexity index is 548. The van der Waals surface area contributed by atoms with Crippen LogP contribution >= 0.6 is 0 Å². The van der Waals surface area contributed by atoms with Gasteiger partial charge in [0.2, 0.25) is 6.79 Å². The summed E-state index contributed by atoms with van der Waals surface area (Å²) in [5.41, 5.74) is 7.61. The number of ether oxygens (including phenoxy) is 2. The van der Waals surface area contributed by atoms with Crippen LogP contribution < -0.4 is 15.2 Å². The van der Waals surface area contributed by atoms with Crippen LogP contribution in [0.25, 0.3) is 11.3 Å². The van der Waals surface area contributed by atoms with Crippen molar-refractivity contribution in [1.29, 1.82) is 0 Å². The van der Waals surface area contributed by atoms with Crippen molar-refractivity contribution < 1.29 is 9.47 Å². The van der Waals surface area contributed by atoms with Crippen LogP contribution in [-0.4, -0.2) is 16.6 Å². The molecule has 0 atom stereocenters. The van der Waals surface area contributed by atoms with Gasteiger partial charge >= 0.3 is 0 Å². The number of benzene rings is 1. The summed E-state index contributed by atoms with van der Waals surface area (Å²) in [6.07, 6.45) is 0. The van der Waals surface area contributed by atoms with Gasteiger partial charge in [-0.05, 0) is 18.2 Å². The summed E-state index contributed by atoms with van der Waals surface area (Å²) in [7, 11) is 1.86. The molecule has 16 heavy (non-hydrogen) atoms. The largest absolute Gasteiger partial charge is 0.454 e. The van der Waals surface area contributed by atoms with E-state index in [2.05, 4.69) is 5.10 Å². The molecule has 3 rings (SSSR count). The molecule has 0 fully saturated rings. The molecule has 82 valence electrons. The average molecular weight is 217 g/mol. The Morgan fingerprint density at radius 3 is 2.81 bits per heavy atom. The maximum Gasteiger partial charge on any atom is 0.231 e. The lowest BCUT2D eigenvalue weighted by molar-refractivity contribution is 0.174. The third kappa shape index (κ3) is 1.29. The van der Waals surface area contributed by atoms with Crippen molar-refractivity contribution in [3.8, 4) is 22.8 Å². The number of rotatable bonds is 1. The number of aryl methyl sites for hydroxylation is 1. The predicted octanol–water partition coefficient (Wildman–Crippen LogP) is 1.40. The molecule has 2 N–H and O–H groups in total. The Balaban J connectivity index is 2.10. The van der Waals surface area contributed by atoms with Crippen LogP contribution in [0.5, 0.6) is 11.5 Å². The third-order valence-corrected chi connectivity index (χ3v) is 2.57. The standard InChI is InChI=1S/C11H11N3O2/c1-14-8(5-11(12)13-14)7-2-3-9-10(4-7)16-6-15-9/h2-5H,6H2,1H3,(H2,12,13). The Labute approximate surface area is 92.4 Å². The van der Waals surface area contributed by atoms with Gasteiger partial charge in [-0.25, -0.2) is 0 Å². The van der Waals surface area contributed by atoms with Crippen LogP contribution in [0.15, 0.2) is 24.3 Å². The zero-order valence-electron chi connectivity index (χ0n) is 8.80. The second-order valence-corrected chi connectivity index (χ2v) is 3.65. The van der Waals surface area contributed by atoms with Crippen LogP contribution in [0.4, 0.5) is 5.82 Å². The molecule has 5 heteroatoms. The highest BCUT2D eigenvalue weighted by Gasteiger charge is 2.15. The first kappa shape index (κ1) is 9.08. The minimum Gasteiger partial charge on any atom is -0.454 e. The molecule has 2 aromatic rings. The predicted molar refractivity (Wildman–Crippen MR) is 59.2 cm³/mol. The smallest absolute Gasteiger partial charge is 0.231 e. The summed E-state index contributed by atoms with van der Waals surface area (Å²) in [5, 5.41) is 4.10. The zero-order valence-corrected chi connectivity index (χ0v) is 8.80. The van der Waals surface area contributed by atoms with Crippen LogP contribution in [0, 0.1) is 0 Å². The van der Waals surface area contributed by atoms with Crippen molar-refractivity contribution in [2.45, 2.75) is 0 Å². The molecule has 0 saturated heterocycles. The van der Waals surface area contributed by atoms with E-state index in [0.717, 1.165) is 22.8 Å². The molecule has 1 aromatic heterocycles. The molecule has 0 unspecified atom stereocenters. The van der Waals surface area contributed by atoms with E-state index >= 15 is 0 Å². The topological polar surface area (TPSA) is 62.3 Å². The number of hydrogen-bond acceptors (Lipinski definition) is 4. The Hall–Kier alpha value is -2.17. The molecule has 0 saturated carbocycles. The second-order valence-electron chi connectivity index (χ2n) is 3.65. The minimum absolute atomic E-state index is 0.284. The number of nitrogens with zero attached hydrogens (tertiary/aromatic N) is 2. The fourth-order valence-electron chi connectivity index (χ4n) is 1.82. The van der Waals surface area contributed by atoms with Crippen molar-refractivity contribution >= 4 is 5.82 Å². The van der Waals surface area contributed by atoms with Crippen LogP contribution in [0.1, 0.15) is 0 Å². The van der Waals surface area contributed by atoms with Crippen molar-refractivity contribution in [3.63, 3.8) is 0 Å². The van der Waals surface area contributed by atoms with Crippen LogP contribution in [0.3, 0.4) is 0 Å². The highest BCUT2D eigenvalue weighted by molar-refractivity contribution is 5.66. The molecule has 0 spiro atoms. The maximum atomic E-state index is 5.64. The van der Waals surface area contributed by atoms with Gasteiger partial charge in [0, 0.05) is 18.7 Å². The minimum atomic E-state index is 0.284. The normalized spacial score (nSPS) is 13.1. The molecule has 2 heterocycles. The fraction of sp³-hybridized carbons (Fsp3) is 0.182. The number of nitrogen functional groups attached to an aromatic ring is 1. The molecule has 1 aliphatic rings. The maximum absolute atomic E-state index is 5.64. The molecule has 1 aliphatic heterocycles. The van der Waals surface area contributed by atoms with Gasteiger partial charge in [0.05, 0.1) is 5.69 Å². The van der Waals surface area contributed by atoms with E-state index < -0.39 is 0 Å². The third-order valence-electron chi connectivity index (χ3n) is 2.57. The van der Waals surface area contributed by atoms with Gasteiger partial charge < -0.3 is 15.2 Å². The van der Waals surface area contributed by atoms with E-state index in [1.807, 2.05) is 31.3 Å². The Morgan fingerprint density at radius 2 is 2.06 bits per heavy atom. The quantitative estimate of drug-likeness (QED) is 0.784. The molecule has 0 amide bonds. The number of aromatic nitrogens is 2. The summed E-state index contributed by atoms with van der Waals surface area (Å²) in [5.74, 6) is 2.05. The number of hydrogen-bond donors (Lipinski definition) is 1. The van der Waals surface area contributed by atoms with Gasteiger partial charge in [0.25, 0.3) is 0 Å². The average Bonchev–Trinajstić information content (AvgIpc) is 2.83. The first-order valence-corrected chi connectivity index (χ1v) is 4.93. The molecular weight excluding hydrogens is 206 g/mol. The van der Waals surface area contributed by atoms with Crippen LogP contribution in [0.2, 0.25) is 0 Å². The van der Waals surface area contributed by atoms with E-state index in [1.165, 1.54) is 0 Å². The SMILES string of the molecule is Cn1nc(N)cc1-c1ccc2c(c1)OCO2. The van der Waals surface area contributed by atoms with E-state index in [-0.39, 0.29) is 6.79 Å². The monoisotopic (exact) mass is 217 g/mol. The molecule has 0 radical (unpaired) electrons. The van der Waals surface area contributed by atoms with Gasteiger partial charge in [-0.15, -0.1) is 0 Å². The molecule has 1 aromatic carbocycles. The summed E-state index contributed by atoms with van der Waals surface area (Å²) in [4.78, 5) is 0. The Kier molecular flexibility index (Phi) is 1.80. The summed E-state index contributed by atoms with van der Waals surface area (Å²) < 4.78 is 12.3. The van der Waals surface area contributed by atoms with Crippen molar-refractivity contribution in [3.05, 3.63) is 24.3 Å². The van der Waals surface area contributed by atoms with Crippen molar-refractivity contribution in [2.24, 2.45) is 7.05 Å². The fourth-order valence-corrected chi connectivity index (χ4v) is 1.82. The van der Waals surface area contributed by atoms with Gasteiger partial charge in [0.15, 0.2) is 11.5 Å². The first-order chi connectivity index (χ1) is 7.74. The van der Waals surface area contributed by atoms with Gasteiger partial charge in [-0.2, -0.15) is 5.10 Å². The van der Waals surface area contributed by atoms with Crippen LogP contribution in [-0.2, 0) is 7.05 Å². The highest BCUT2D eigenvalue weighted by Crippen LogP contribution is 2.35. The first-order valence-electron chi connectivity index (χ1n) is 4.93. The van der Waals surface area contributed by atoms with E-state index in [0.29, 0.717) is 5.82 Å². The summed E-state index contributed by atoms with van der Waals surface area (Å²) in [6.45, 7) is 0.284. The van der Waals surface area contributed by atoms with Gasteiger partial charge in [-0.1, -0.05) is 0 Å². The lowest BCUT2D eigenvalue weighted by Gasteiger charge is -2.02. The second kappa shape index (κ2) is 3.16. The van der Waals surface area contributed by atoms with Crippen molar-refractivity contribution in [1.82, 2.24) is 9.78 Å². The van der Waals surface area contributed by atoms with Gasteiger partial charge in [-0.3, -0.25) is 4.68 Å². The molecule has 5 nitrogen and oxygen atoms in total. The van der Waals surface area contributed by atoms with Crippen molar-refractivity contribution in [2.75, 3.05) is 12.5 Å².